The number of hydrogen-bond donors (Lipinski definition) is 2. The summed E-state index contributed by atoms with van der Waals surface area (Å²) >= 11 is 5.95. The van der Waals surface area contributed by atoms with Crippen LogP contribution in [0.25, 0.3) is 5.69 Å². The molecule has 0 aliphatic carbocycles. The number of nitro benzene ring substituents is 1. The molecule has 1 aromatic heterocycles. The van der Waals surface area contributed by atoms with Crippen molar-refractivity contribution >= 4 is 29.4 Å². The van der Waals surface area contributed by atoms with E-state index >= 15 is 0 Å². The molecule has 0 aliphatic heterocycles. The number of para-hydroxylation sites is 1. The molecule has 0 radical (unpaired) electrons. The van der Waals surface area contributed by atoms with Gasteiger partial charge in [-0.1, -0.05) is 29.8 Å². The summed E-state index contributed by atoms with van der Waals surface area (Å²) in [5.41, 5.74) is 2.64. The zero-order valence-corrected chi connectivity index (χ0v) is 15.3. The zero-order valence-electron chi connectivity index (χ0n) is 14.5. The first kappa shape index (κ1) is 19.1. The fourth-order valence-electron chi connectivity index (χ4n) is 2.55. The first-order valence-corrected chi connectivity index (χ1v) is 8.40. The summed E-state index contributed by atoms with van der Waals surface area (Å²) < 4.78 is 1.30. The van der Waals surface area contributed by atoms with Gasteiger partial charge in [0, 0.05) is 16.8 Å². The van der Waals surface area contributed by atoms with Crippen LogP contribution < -0.4 is 11.0 Å². The molecule has 0 fully saturated rings. The molecule has 3 aromatic rings. The van der Waals surface area contributed by atoms with Crippen LogP contribution in [0.1, 0.15) is 21.6 Å². The molecule has 0 unspecified atom stereocenters. The van der Waals surface area contributed by atoms with Crippen LogP contribution in [0.2, 0.25) is 5.02 Å². The molecule has 0 spiro atoms. The molecule has 3 rings (SSSR count). The number of aryl methyl sites for hydroxylation is 1. The van der Waals surface area contributed by atoms with Gasteiger partial charge in [0.15, 0.2) is 0 Å². The largest absolute Gasteiger partial charge is 0.295 e. The smallest absolute Gasteiger partial charge is 0.282 e. The van der Waals surface area contributed by atoms with E-state index in [4.69, 9.17) is 11.6 Å². The number of rotatable bonds is 5. The number of hydrazone groups is 1. The average Bonchev–Trinajstić information content (AvgIpc) is 2.96. The zero-order chi connectivity index (χ0) is 20.3. The molecule has 142 valence electrons. The highest BCUT2D eigenvalue weighted by Crippen LogP contribution is 2.17. The standard InChI is InChI=1S/C18H14ClN5O4/c1-11-15(18(26)23(22-11)13-6-4-5-12(19)9-13)10-20-21-17(25)14-7-2-3-8-16(14)24(27)28/h2-10,22H,1H3,(H,21,25)/b20-10+. The number of halogens is 1. The van der Waals surface area contributed by atoms with Gasteiger partial charge in [0.2, 0.25) is 0 Å². The highest BCUT2D eigenvalue weighted by atomic mass is 35.5. The SMILES string of the molecule is Cc1[nH]n(-c2cccc(Cl)c2)c(=O)c1/C=N/NC(=O)c1ccccc1[N+](=O)[O-]. The lowest BCUT2D eigenvalue weighted by atomic mass is 10.2. The number of nitro groups is 1. The maximum absolute atomic E-state index is 12.6. The Morgan fingerprint density at radius 2 is 2.04 bits per heavy atom. The Labute approximate surface area is 163 Å². The van der Waals surface area contributed by atoms with E-state index in [1.165, 1.54) is 35.2 Å². The predicted octanol–water partition coefficient (Wildman–Crippen LogP) is 2.80. The predicted molar refractivity (Wildman–Crippen MR) is 104 cm³/mol. The van der Waals surface area contributed by atoms with Crippen molar-refractivity contribution < 1.29 is 9.72 Å². The van der Waals surface area contributed by atoms with Gasteiger partial charge in [-0.15, -0.1) is 0 Å². The molecule has 0 aliphatic rings. The monoisotopic (exact) mass is 399 g/mol. The minimum atomic E-state index is -0.757. The van der Waals surface area contributed by atoms with Gasteiger partial charge >= 0.3 is 0 Å². The number of carbonyl (C=O) groups is 1. The lowest BCUT2D eigenvalue weighted by molar-refractivity contribution is -0.385. The summed E-state index contributed by atoms with van der Waals surface area (Å²) in [6, 6.07) is 12.2. The second-order valence-corrected chi connectivity index (χ2v) is 6.18. The topological polar surface area (TPSA) is 122 Å². The van der Waals surface area contributed by atoms with E-state index in [1.54, 1.807) is 31.2 Å². The van der Waals surface area contributed by atoms with Crippen molar-refractivity contribution in [1.82, 2.24) is 15.2 Å². The Hall–Kier alpha value is -3.72. The number of aromatic nitrogens is 2. The number of hydrogen-bond acceptors (Lipinski definition) is 5. The van der Waals surface area contributed by atoms with Crippen LogP contribution >= 0.6 is 11.6 Å². The van der Waals surface area contributed by atoms with Gasteiger partial charge in [0.1, 0.15) is 5.56 Å². The molecule has 0 bridgehead atoms. The molecule has 1 amide bonds. The van der Waals surface area contributed by atoms with Crippen molar-refractivity contribution in [1.29, 1.82) is 0 Å². The van der Waals surface area contributed by atoms with Crippen LogP contribution in [-0.4, -0.2) is 26.8 Å². The summed E-state index contributed by atoms with van der Waals surface area (Å²) in [5.74, 6) is -0.757. The van der Waals surface area contributed by atoms with E-state index < -0.39 is 10.8 Å². The summed E-state index contributed by atoms with van der Waals surface area (Å²) in [4.78, 5) is 35.1. The summed E-state index contributed by atoms with van der Waals surface area (Å²) in [5, 5.41) is 18.1. The molecule has 10 heteroatoms. The van der Waals surface area contributed by atoms with E-state index in [9.17, 15) is 19.7 Å². The lowest BCUT2D eigenvalue weighted by Crippen LogP contribution is -2.21. The summed E-state index contributed by atoms with van der Waals surface area (Å²) in [6.07, 6.45) is 1.18. The summed E-state index contributed by atoms with van der Waals surface area (Å²) in [6.45, 7) is 1.67. The van der Waals surface area contributed by atoms with Gasteiger partial charge in [-0.3, -0.25) is 24.8 Å². The van der Waals surface area contributed by atoms with Gasteiger partial charge in [-0.25, -0.2) is 10.1 Å². The number of nitrogens with zero attached hydrogens (tertiary/aromatic N) is 3. The Balaban J connectivity index is 1.83. The molecular weight excluding hydrogens is 386 g/mol. The van der Waals surface area contributed by atoms with Crippen LogP contribution in [0.3, 0.4) is 0 Å². The number of nitrogens with one attached hydrogen (secondary N) is 2. The van der Waals surface area contributed by atoms with Gasteiger partial charge in [-0.05, 0) is 31.2 Å². The van der Waals surface area contributed by atoms with E-state index in [-0.39, 0.29) is 22.4 Å². The minimum absolute atomic E-state index is 0.133. The molecule has 2 N–H and O–H groups in total. The highest BCUT2D eigenvalue weighted by Gasteiger charge is 2.18. The average molecular weight is 400 g/mol. The number of amides is 1. The van der Waals surface area contributed by atoms with Crippen molar-refractivity contribution in [2.45, 2.75) is 6.92 Å². The van der Waals surface area contributed by atoms with E-state index in [2.05, 4.69) is 15.6 Å². The fraction of sp³-hybridized carbons (Fsp3) is 0.0556. The molecule has 0 atom stereocenters. The Morgan fingerprint density at radius 3 is 2.75 bits per heavy atom. The fourth-order valence-corrected chi connectivity index (χ4v) is 2.73. The van der Waals surface area contributed by atoms with Crippen molar-refractivity contribution in [3.63, 3.8) is 0 Å². The van der Waals surface area contributed by atoms with Crippen molar-refractivity contribution in [3.8, 4) is 5.69 Å². The Bertz CT molecular complexity index is 1150. The van der Waals surface area contributed by atoms with E-state index in [1.807, 2.05) is 0 Å². The molecule has 9 nitrogen and oxygen atoms in total. The van der Waals surface area contributed by atoms with Crippen LogP contribution in [0, 0.1) is 17.0 Å². The van der Waals surface area contributed by atoms with Gasteiger partial charge in [0.25, 0.3) is 17.2 Å². The van der Waals surface area contributed by atoms with Crippen molar-refractivity contribution in [2.24, 2.45) is 5.10 Å². The normalized spacial score (nSPS) is 10.9. The van der Waals surface area contributed by atoms with Gasteiger partial charge < -0.3 is 0 Å². The number of aromatic amines is 1. The van der Waals surface area contributed by atoms with Crippen molar-refractivity contribution in [2.75, 3.05) is 0 Å². The van der Waals surface area contributed by atoms with E-state index in [0.29, 0.717) is 16.4 Å². The first-order chi connectivity index (χ1) is 13.4. The van der Waals surface area contributed by atoms with Crippen LogP contribution in [0.4, 0.5) is 5.69 Å². The lowest BCUT2D eigenvalue weighted by Gasteiger charge is -2.01. The third kappa shape index (κ3) is 3.84. The quantitative estimate of drug-likeness (QED) is 0.389. The second kappa shape index (κ2) is 7.89. The maximum Gasteiger partial charge on any atom is 0.282 e. The molecule has 28 heavy (non-hydrogen) atoms. The third-order valence-corrected chi connectivity index (χ3v) is 4.12. The van der Waals surface area contributed by atoms with Gasteiger partial charge in [-0.2, -0.15) is 5.10 Å². The molecular formula is C18H14ClN5O4. The molecule has 0 saturated heterocycles. The van der Waals surface area contributed by atoms with Crippen LogP contribution in [-0.2, 0) is 0 Å². The Kier molecular flexibility index (Phi) is 5.37. The number of carbonyl (C=O) groups excluding carboxylic acids is 1. The molecule has 1 heterocycles. The van der Waals surface area contributed by atoms with Crippen molar-refractivity contribution in [3.05, 3.63) is 90.8 Å². The third-order valence-electron chi connectivity index (χ3n) is 3.89. The second-order valence-electron chi connectivity index (χ2n) is 5.74. The molecule has 2 aromatic carbocycles. The van der Waals surface area contributed by atoms with Gasteiger partial charge in [0.05, 0.1) is 22.4 Å². The summed E-state index contributed by atoms with van der Waals surface area (Å²) in [7, 11) is 0. The van der Waals surface area contributed by atoms with Crippen LogP contribution in [0.15, 0.2) is 58.4 Å². The first-order valence-electron chi connectivity index (χ1n) is 8.03. The number of benzene rings is 2. The highest BCUT2D eigenvalue weighted by molar-refractivity contribution is 6.30. The molecule has 0 saturated carbocycles. The van der Waals surface area contributed by atoms with E-state index in [0.717, 1.165) is 0 Å². The van der Waals surface area contributed by atoms with Crippen LogP contribution in [0.5, 0.6) is 0 Å². The number of H-pyrrole nitrogens is 1. The minimum Gasteiger partial charge on any atom is -0.295 e. The maximum atomic E-state index is 12.6. The Morgan fingerprint density at radius 1 is 1.29 bits per heavy atom.